The first-order valence-corrected chi connectivity index (χ1v) is 8.27. The van der Waals surface area contributed by atoms with E-state index in [0.29, 0.717) is 12.1 Å². The average Bonchev–Trinajstić information content (AvgIpc) is 3.22. The first kappa shape index (κ1) is 15.4. The van der Waals surface area contributed by atoms with Crippen molar-refractivity contribution < 1.29 is 4.79 Å². The lowest BCUT2D eigenvalue weighted by Gasteiger charge is -2.06. The van der Waals surface area contributed by atoms with Crippen molar-refractivity contribution in [1.82, 2.24) is 19.5 Å². The normalized spacial score (nSPS) is 10.7. The highest BCUT2D eigenvalue weighted by atomic mass is 32.1. The monoisotopic (exact) mass is 326 g/mol. The molecule has 3 rings (SSSR count). The van der Waals surface area contributed by atoms with Crippen LogP contribution in [0.1, 0.15) is 28.5 Å². The van der Waals surface area contributed by atoms with Gasteiger partial charge in [0.25, 0.3) is 5.91 Å². The van der Waals surface area contributed by atoms with Crippen LogP contribution in [-0.4, -0.2) is 20.1 Å². The second kappa shape index (κ2) is 6.75. The number of carbonyl (C=O) groups excluding carboxylic acids is 1. The largest absolute Gasteiger partial charge is 0.348 e. The maximum atomic E-state index is 12.4. The van der Waals surface area contributed by atoms with E-state index in [1.807, 2.05) is 55.1 Å². The van der Waals surface area contributed by atoms with Gasteiger partial charge in [-0.2, -0.15) is 5.10 Å². The molecule has 0 aliphatic heterocycles. The fourth-order valence-electron chi connectivity index (χ4n) is 2.35. The minimum atomic E-state index is -0.0833. The van der Waals surface area contributed by atoms with Crippen LogP contribution in [0.3, 0.4) is 0 Å². The van der Waals surface area contributed by atoms with Crippen LogP contribution in [0, 0.1) is 6.92 Å². The van der Waals surface area contributed by atoms with Gasteiger partial charge in [0.1, 0.15) is 0 Å². The van der Waals surface area contributed by atoms with Crippen LogP contribution in [0.2, 0.25) is 0 Å². The number of hydrogen-bond donors (Lipinski definition) is 1. The fourth-order valence-corrected chi connectivity index (χ4v) is 2.94. The summed E-state index contributed by atoms with van der Waals surface area (Å²) in [5, 5.41) is 7.35. The summed E-state index contributed by atoms with van der Waals surface area (Å²) in [6, 6.07) is 9.54. The molecule has 0 saturated heterocycles. The SMILES string of the molecule is CCn1cc(CNC(=O)c2cccc(-c3ccns3)c2)c(C)n1. The van der Waals surface area contributed by atoms with Crippen molar-refractivity contribution in [2.45, 2.75) is 26.9 Å². The zero-order valence-corrected chi connectivity index (χ0v) is 13.9. The van der Waals surface area contributed by atoms with E-state index in [1.165, 1.54) is 11.5 Å². The molecule has 0 aliphatic carbocycles. The number of aromatic nitrogens is 3. The summed E-state index contributed by atoms with van der Waals surface area (Å²) in [6.07, 6.45) is 3.74. The van der Waals surface area contributed by atoms with Gasteiger partial charge in [0.15, 0.2) is 0 Å². The lowest BCUT2D eigenvalue weighted by Crippen LogP contribution is -2.22. The van der Waals surface area contributed by atoms with Gasteiger partial charge in [-0.25, -0.2) is 4.37 Å². The number of nitrogens with zero attached hydrogens (tertiary/aromatic N) is 3. The first-order chi connectivity index (χ1) is 11.2. The molecule has 0 saturated carbocycles. The van der Waals surface area contributed by atoms with Crippen molar-refractivity contribution in [1.29, 1.82) is 0 Å². The van der Waals surface area contributed by atoms with E-state index < -0.39 is 0 Å². The highest BCUT2D eigenvalue weighted by Crippen LogP contribution is 2.23. The van der Waals surface area contributed by atoms with Crippen molar-refractivity contribution in [2.24, 2.45) is 0 Å². The Labute approximate surface area is 139 Å². The minimum Gasteiger partial charge on any atom is -0.348 e. The van der Waals surface area contributed by atoms with E-state index in [9.17, 15) is 4.79 Å². The van der Waals surface area contributed by atoms with Crippen LogP contribution in [0.25, 0.3) is 10.4 Å². The van der Waals surface area contributed by atoms with Crippen molar-refractivity contribution >= 4 is 17.4 Å². The summed E-state index contributed by atoms with van der Waals surface area (Å²) < 4.78 is 5.98. The van der Waals surface area contributed by atoms with Gasteiger partial charge < -0.3 is 5.32 Å². The molecule has 0 atom stereocenters. The van der Waals surface area contributed by atoms with Gasteiger partial charge in [0.2, 0.25) is 0 Å². The maximum Gasteiger partial charge on any atom is 0.251 e. The predicted molar refractivity (Wildman–Crippen MR) is 91.4 cm³/mol. The smallest absolute Gasteiger partial charge is 0.251 e. The Hall–Kier alpha value is -2.47. The third-order valence-corrected chi connectivity index (χ3v) is 4.45. The number of nitrogens with one attached hydrogen (secondary N) is 1. The molecule has 0 bridgehead atoms. The molecular formula is C17H18N4OS. The molecule has 2 aromatic heterocycles. The number of benzene rings is 1. The highest BCUT2D eigenvalue weighted by Gasteiger charge is 2.10. The fraction of sp³-hybridized carbons (Fsp3) is 0.235. The molecule has 5 nitrogen and oxygen atoms in total. The molecule has 0 unspecified atom stereocenters. The summed E-state index contributed by atoms with van der Waals surface area (Å²) in [7, 11) is 0. The molecule has 1 N–H and O–H groups in total. The molecule has 3 aromatic rings. The summed E-state index contributed by atoms with van der Waals surface area (Å²) in [5.74, 6) is -0.0833. The highest BCUT2D eigenvalue weighted by molar-refractivity contribution is 7.09. The molecule has 118 valence electrons. The minimum absolute atomic E-state index is 0.0833. The number of rotatable bonds is 5. The van der Waals surface area contributed by atoms with Crippen LogP contribution < -0.4 is 5.32 Å². The van der Waals surface area contributed by atoms with Crippen LogP contribution in [-0.2, 0) is 13.1 Å². The molecule has 0 radical (unpaired) electrons. The Morgan fingerprint density at radius 2 is 2.22 bits per heavy atom. The molecule has 0 aliphatic rings. The van der Waals surface area contributed by atoms with Gasteiger partial charge in [-0.15, -0.1) is 0 Å². The molecular weight excluding hydrogens is 308 g/mol. The molecule has 0 fully saturated rings. The zero-order chi connectivity index (χ0) is 16.2. The lowest BCUT2D eigenvalue weighted by molar-refractivity contribution is 0.0951. The Morgan fingerprint density at radius 3 is 2.91 bits per heavy atom. The van der Waals surface area contributed by atoms with E-state index in [2.05, 4.69) is 14.8 Å². The second-order valence-corrected chi connectivity index (χ2v) is 6.07. The first-order valence-electron chi connectivity index (χ1n) is 7.49. The number of amides is 1. The van der Waals surface area contributed by atoms with Crippen LogP contribution in [0.5, 0.6) is 0 Å². The summed E-state index contributed by atoms with van der Waals surface area (Å²) >= 11 is 1.42. The predicted octanol–water partition coefficient (Wildman–Crippen LogP) is 3.26. The molecule has 0 spiro atoms. The average molecular weight is 326 g/mol. The van der Waals surface area contributed by atoms with Crippen molar-refractivity contribution in [3.63, 3.8) is 0 Å². The standard InChI is InChI=1S/C17H18N4OS/c1-3-21-11-15(12(2)20-21)10-18-17(22)14-6-4-5-13(9-14)16-7-8-19-23-16/h4-9,11H,3,10H2,1-2H3,(H,18,22). The van der Waals surface area contributed by atoms with Gasteiger partial charge in [0, 0.05) is 36.6 Å². The summed E-state index contributed by atoms with van der Waals surface area (Å²) in [4.78, 5) is 13.4. The van der Waals surface area contributed by atoms with Crippen molar-refractivity contribution in [2.75, 3.05) is 0 Å². The van der Waals surface area contributed by atoms with Gasteiger partial charge >= 0.3 is 0 Å². The topological polar surface area (TPSA) is 59.8 Å². The number of aryl methyl sites for hydroxylation is 2. The Kier molecular flexibility index (Phi) is 4.52. The van der Waals surface area contributed by atoms with Crippen molar-refractivity contribution in [3.8, 4) is 10.4 Å². The van der Waals surface area contributed by atoms with Crippen LogP contribution >= 0.6 is 11.5 Å². The van der Waals surface area contributed by atoms with Gasteiger partial charge in [0.05, 0.1) is 10.6 Å². The van der Waals surface area contributed by atoms with E-state index in [0.717, 1.165) is 28.2 Å². The van der Waals surface area contributed by atoms with Gasteiger partial charge in [-0.3, -0.25) is 9.48 Å². The van der Waals surface area contributed by atoms with E-state index in [1.54, 1.807) is 6.20 Å². The van der Waals surface area contributed by atoms with Crippen LogP contribution in [0.4, 0.5) is 0 Å². The Morgan fingerprint density at radius 1 is 1.35 bits per heavy atom. The van der Waals surface area contributed by atoms with E-state index in [-0.39, 0.29) is 5.91 Å². The second-order valence-electron chi connectivity index (χ2n) is 5.24. The lowest BCUT2D eigenvalue weighted by atomic mass is 10.1. The zero-order valence-electron chi connectivity index (χ0n) is 13.1. The number of hydrogen-bond acceptors (Lipinski definition) is 4. The summed E-state index contributed by atoms with van der Waals surface area (Å²) in [6.45, 7) is 5.30. The molecule has 2 heterocycles. The Bertz CT molecular complexity index is 808. The third-order valence-electron chi connectivity index (χ3n) is 3.66. The van der Waals surface area contributed by atoms with Gasteiger partial charge in [-0.1, -0.05) is 12.1 Å². The van der Waals surface area contributed by atoms with E-state index in [4.69, 9.17) is 0 Å². The Balaban J connectivity index is 1.71. The van der Waals surface area contributed by atoms with Crippen LogP contribution in [0.15, 0.2) is 42.7 Å². The quantitative estimate of drug-likeness (QED) is 0.783. The maximum absolute atomic E-state index is 12.4. The molecule has 1 aromatic carbocycles. The number of carbonyl (C=O) groups is 1. The third kappa shape index (κ3) is 3.48. The molecule has 6 heteroatoms. The summed E-state index contributed by atoms with van der Waals surface area (Å²) in [5.41, 5.74) is 3.65. The molecule has 1 amide bonds. The molecule has 23 heavy (non-hydrogen) atoms. The van der Waals surface area contributed by atoms with Gasteiger partial charge in [-0.05, 0) is 49.1 Å². The van der Waals surface area contributed by atoms with E-state index >= 15 is 0 Å². The van der Waals surface area contributed by atoms with Crippen molar-refractivity contribution in [3.05, 3.63) is 59.5 Å².